The monoisotopic (exact) mass is 261 g/mol. The Morgan fingerprint density at radius 3 is 2.68 bits per heavy atom. The van der Waals surface area contributed by atoms with Crippen molar-refractivity contribution >= 4 is 17.0 Å². The van der Waals surface area contributed by atoms with Gasteiger partial charge in [0, 0.05) is 17.6 Å². The van der Waals surface area contributed by atoms with Crippen LogP contribution in [0.3, 0.4) is 0 Å². The molecule has 2 heterocycles. The molecule has 2 aromatic heterocycles. The van der Waals surface area contributed by atoms with Gasteiger partial charge in [-0.1, -0.05) is 13.8 Å². The van der Waals surface area contributed by atoms with Gasteiger partial charge in [-0.2, -0.15) is 5.10 Å². The van der Waals surface area contributed by atoms with Crippen LogP contribution < -0.4 is 0 Å². The fraction of sp³-hybridized carbons (Fsp3) is 0.500. The van der Waals surface area contributed by atoms with Crippen molar-refractivity contribution in [1.29, 1.82) is 0 Å². The van der Waals surface area contributed by atoms with Crippen LogP contribution in [0.15, 0.2) is 6.20 Å². The molecule has 0 amide bonds. The average molecular weight is 261 g/mol. The Morgan fingerprint density at radius 1 is 1.42 bits per heavy atom. The summed E-state index contributed by atoms with van der Waals surface area (Å²) in [5, 5.41) is 14.3. The van der Waals surface area contributed by atoms with Crippen molar-refractivity contribution < 1.29 is 9.90 Å². The van der Waals surface area contributed by atoms with E-state index in [1.807, 2.05) is 18.5 Å². The van der Waals surface area contributed by atoms with Gasteiger partial charge in [0.05, 0.1) is 12.6 Å². The first kappa shape index (κ1) is 13.5. The van der Waals surface area contributed by atoms with Crippen LogP contribution in [-0.2, 0) is 17.8 Å². The smallest absolute Gasteiger partial charge is 0.307 e. The minimum Gasteiger partial charge on any atom is -0.481 e. The van der Waals surface area contributed by atoms with Crippen molar-refractivity contribution in [1.82, 2.24) is 14.8 Å². The molecule has 5 heteroatoms. The molecule has 0 aliphatic heterocycles. The molecule has 0 radical (unpaired) electrons. The maximum absolute atomic E-state index is 10.9. The van der Waals surface area contributed by atoms with E-state index in [2.05, 4.69) is 23.9 Å². The molecule has 0 aromatic carbocycles. The fourth-order valence-electron chi connectivity index (χ4n) is 2.31. The molecule has 0 fully saturated rings. The molecule has 0 atom stereocenters. The molecule has 0 bridgehead atoms. The summed E-state index contributed by atoms with van der Waals surface area (Å²) >= 11 is 0. The summed E-state index contributed by atoms with van der Waals surface area (Å²) in [6.45, 7) is 8.87. The van der Waals surface area contributed by atoms with Gasteiger partial charge in [0.25, 0.3) is 0 Å². The number of pyridine rings is 1. The normalized spacial score (nSPS) is 11.4. The summed E-state index contributed by atoms with van der Waals surface area (Å²) in [7, 11) is 0. The Bertz CT molecular complexity index is 629. The van der Waals surface area contributed by atoms with Gasteiger partial charge in [-0.15, -0.1) is 0 Å². The van der Waals surface area contributed by atoms with Crippen LogP contribution in [0.1, 0.15) is 30.7 Å². The quantitative estimate of drug-likeness (QED) is 0.917. The lowest BCUT2D eigenvalue weighted by Crippen LogP contribution is -2.09. The van der Waals surface area contributed by atoms with Crippen LogP contribution >= 0.6 is 0 Å². The summed E-state index contributed by atoms with van der Waals surface area (Å²) in [6, 6.07) is 0. The first-order chi connectivity index (χ1) is 8.90. The fourth-order valence-corrected chi connectivity index (χ4v) is 2.31. The van der Waals surface area contributed by atoms with E-state index >= 15 is 0 Å². The van der Waals surface area contributed by atoms with Gasteiger partial charge < -0.3 is 5.11 Å². The predicted octanol–water partition coefficient (Wildman–Crippen LogP) is 2.33. The highest BCUT2D eigenvalue weighted by Gasteiger charge is 2.15. The molecule has 2 aromatic rings. The maximum Gasteiger partial charge on any atom is 0.307 e. The molecule has 2 rings (SSSR count). The van der Waals surface area contributed by atoms with Crippen LogP contribution in [0.4, 0.5) is 0 Å². The molecule has 0 unspecified atom stereocenters. The standard InChI is InChI=1S/C14H19N3O2/c1-8(2)7-17-14-12(6-15-17)9(3)11(5-13(18)19)10(4)16-14/h6,8H,5,7H2,1-4H3,(H,18,19). The van der Waals surface area contributed by atoms with E-state index in [4.69, 9.17) is 5.11 Å². The third-order valence-corrected chi connectivity index (χ3v) is 3.24. The SMILES string of the molecule is Cc1nc2c(cnn2CC(C)C)c(C)c1CC(=O)O. The van der Waals surface area contributed by atoms with Crippen molar-refractivity contribution in [3.05, 3.63) is 23.0 Å². The van der Waals surface area contributed by atoms with Crippen LogP contribution in [0.5, 0.6) is 0 Å². The Balaban J connectivity index is 2.57. The van der Waals surface area contributed by atoms with Crippen molar-refractivity contribution in [3.8, 4) is 0 Å². The van der Waals surface area contributed by atoms with Gasteiger partial charge in [0.2, 0.25) is 0 Å². The van der Waals surface area contributed by atoms with Gasteiger partial charge in [0.15, 0.2) is 5.65 Å². The highest BCUT2D eigenvalue weighted by molar-refractivity contribution is 5.82. The minimum absolute atomic E-state index is 0.00989. The number of nitrogens with zero attached hydrogens (tertiary/aromatic N) is 3. The Morgan fingerprint density at radius 2 is 2.11 bits per heavy atom. The molecule has 19 heavy (non-hydrogen) atoms. The Hall–Kier alpha value is -1.91. The Labute approximate surface area is 112 Å². The molecule has 1 N–H and O–H groups in total. The topological polar surface area (TPSA) is 68.0 Å². The van der Waals surface area contributed by atoms with Gasteiger partial charge in [0.1, 0.15) is 0 Å². The lowest BCUT2D eigenvalue weighted by atomic mass is 10.0. The van der Waals surface area contributed by atoms with E-state index in [9.17, 15) is 4.79 Å². The van der Waals surface area contributed by atoms with Crippen molar-refractivity contribution in [2.75, 3.05) is 0 Å². The molecule has 0 spiro atoms. The molecule has 5 nitrogen and oxygen atoms in total. The zero-order valence-electron chi connectivity index (χ0n) is 11.8. The number of hydrogen-bond acceptors (Lipinski definition) is 3. The molecule has 0 saturated heterocycles. The second-order valence-electron chi connectivity index (χ2n) is 5.33. The van der Waals surface area contributed by atoms with E-state index < -0.39 is 5.97 Å². The number of carboxylic acid groups (broad SMARTS) is 1. The van der Waals surface area contributed by atoms with E-state index in [0.29, 0.717) is 5.92 Å². The summed E-state index contributed by atoms with van der Waals surface area (Å²) in [5.41, 5.74) is 3.39. The molecular formula is C14H19N3O2. The summed E-state index contributed by atoms with van der Waals surface area (Å²) < 4.78 is 1.89. The van der Waals surface area contributed by atoms with Crippen LogP contribution in [0.25, 0.3) is 11.0 Å². The largest absolute Gasteiger partial charge is 0.481 e. The maximum atomic E-state index is 10.9. The number of aryl methyl sites for hydroxylation is 2. The van der Waals surface area contributed by atoms with Gasteiger partial charge >= 0.3 is 5.97 Å². The van der Waals surface area contributed by atoms with Crippen LogP contribution in [0.2, 0.25) is 0 Å². The van der Waals surface area contributed by atoms with E-state index in [-0.39, 0.29) is 6.42 Å². The molecule has 0 aliphatic rings. The number of hydrogen-bond donors (Lipinski definition) is 1. The van der Waals surface area contributed by atoms with Crippen molar-refractivity contribution in [2.24, 2.45) is 5.92 Å². The number of aliphatic carboxylic acids is 1. The highest BCUT2D eigenvalue weighted by atomic mass is 16.4. The molecule has 0 saturated carbocycles. The number of aromatic nitrogens is 3. The first-order valence-corrected chi connectivity index (χ1v) is 6.43. The summed E-state index contributed by atoms with van der Waals surface area (Å²) in [4.78, 5) is 15.5. The van der Waals surface area contributed by atoms with Gasteiger partial charge in [-0.3, -0.25) is 4.79 Å². The van der Waals surface area contributed by atoms with Crippen molar-refractivity contribution in [3.63, 3.8) is 0 Å². The van der Waals surface area contributed by atoms with E-state index in [1.54, 1.807) is 6.20 Å². The lowest BCUT2D eigenvalue weighted by molar-refractivity contribution is -0.136. The van der Waals surface area contributed by atoms with Gasteiger partial charge in [-0.25, -0.2) is 9.67 Å². The van der Waals surface area contributed by atoms with Gasteiger partial charge in [-0.05, 0) is 30.9 Å². The average Bonchev–Trinajstić information content (AvgIpc) is 2.67. The molecular weight excluding hydrogens is 242 g/mol. The number of rotatable bonds is 4. The van der Waals surface area contributed by atoms with E-state index in [1.165, 1.54) is 0 Å². The first-order valence-electron chi connectivity index (χ1n) is 6.43. The van der Waals surface area contributed by atoms with Crippen molar-refractivity contribution in [2.45, 2.75) is 40.7 Å². The number of carbonyl (C=O) groups is 1. The second-order valence-corrected chi connectivity index (χ2v) is 5.33. The number of carboxylic acids is 1. The van der Waals surface area contributed by atoms with Crippen LogP contribution in [0, 0.1) is 19.8 Å². The molecule has 0 aliphatic carbocycles. The van der Waals surface area contributed by atoms with E-state index in [0.717, 1.165) is 34.4 Å². The zero-order valence-corrected chi connectivity index (χ0v) is 11.8. The lowest BCUT2D eigenvalue weighted by Gasteiger charge is -2.10. The highest BCUT2D eigenvalue weighted by Crippen LogP contribution is 2.23. The minimum atomic E-state index is -0.832. The summed E-state index contributed by atoms with van der Waals surface area (Å²) in [5.74, 6) is -0.342. The zero-order chi connectivity index (χ0) is 14.2. The predicted molar refractivity (Wildman–Crippen MR) is 73.2 cm³/mol. The molecule has 102 valence electrons. The number of fused-ring (bicyclic) bond motifs is 1. The third kappa shape index (κ3) is 2.59. The second kappa shape index (κ2) is 4.99. The Kier molecular flexibility index (Phi) is 3.55. The van der Waals surface area contributed by atoms with Crippen LogP contribution in [-0.4, -0.2) is 25.8 Å². The third-order valence-electron chi connectivity index (χ3n) is 3.24. The summed E-state index contributed by atoms with van der Waals surface area (Å²) in [6.07, 6.45) is 1.79.